The Morgan fingerprint density at radius 3 is 2.76 bits per heavy atom. The molecular weight excluding hydrogens is 498 g/mol. The van der Waals surface area contributed by atoms with Gasteiger partial charge in [-0.05, 0) is 25.3 Å². The fourth-order valence-electron chi connectivity index (χ4n) is 3.91. The van der Waals surface area contributed by atoms with Crippen LogP contribution in [0.15, 0.2) is 23.3 Å². The number of pyridine rings is 1. The molecule has 3 rings (SSSR count). The van der Waals surface area contributed by atoms with Gasteiger partial charge in [-0.3, -0.25) is 9.89 Å². The van der Waals surface area contributed by atoms with Crippen molar-refractivity contribution in [3.63, 3.8) is 0 Å². The van der Waals surface area contributed by atoms with Gasteiger partial charge in [0.2, 0.25) is 5.88 Å². The number of hydrogen-bond acceptors (Lipinski definition) is 4. The van der Waals surface area contributed by atoms with Gasteiger partial charge < -0.3 is 15.4 Å². The minimum Gasteiger partial charge on any atom is -0.468 e. The van der Waals surface area contributed by atoms with Crippen LogP contribution in [0.3, 0.4) is 0 Å². The molecule has 164 valence electrons. The summed E-state index contributed by atoms with van der Waals surface area (Å²) in [6, 6.07) is 4.40. The lowest BCUT2D eigenvalue weighted by Crippen LogP contribution is -2.45. The molecule has 29 heavy (non-hydrogen) atoms. The first kappa shape index (κ1) is 24.0. The minimum atomic E-state index is -4.40. The number of ether oxygens (including phenoxy) is 1. The summed E-state index contributed by atoms with van der Waals surface area (Å²) in [4.78, 5) is 10.7. The molecule has 1 aliphatic carbocycles. The maximum Gasteiger partial charge on any atom is 0.422 e. The average molecular weight is 527 g/mol. The van der Waals surface area contributed by atoms with Gasteiger partial charge in [-0.25, -0.2) is 4.98 Å². The second-order valence-corrected chi connectivity index (χ2v) is 7.36. The number of hydrogen-bond donors (Lipinski definition) is 2. The highest BCUT2D eigenvalue weighted by Crippen LogP contribution is 2.26. The minimum absolute atomic E-state index is 0. The summed E-state index contributed by atoms with van der Waals surface area (Å²) < 4.78 is 42.1. The summed E-state index contributed by atoms with van der Waals surface area (Å²) in [5.74, 6) is 0.611. The van der Waals surface area contributed by atoms with E-state index in [1.807, 2.05) is 0 Å². The van der Waals surface area contributed by atoms with E-state index in [0.29, 0.717) is 23.6 Å². The standard InChI is InChI=1S/C19H28F3N5O.HI/c1-23-18(26-15-8-10-27(12-15)16-6-2-3-7-16)25-11-14-5-4-9-24-17(14)28-13-19(20,21)22;/h4-5,9,15-16H,2-3,6-8,10-13H2,1H3,(H2,23,25,26);1H. The molecule has 1 aromatic heterocycles. The van der Waals surface area contributed by atoms with Crippen molar-refractivity contribution in [1.29, 1.82) is 0 Å². The highest BCUT2D eigenvalue weighted by molar-refractivity contribution is 14.0. The average Bonchev–Trinajstić information content (AvgIpc) is 3.35. The lowest BCUT2D eigenvalue weighted by molar-refractivity contribution is -0.154. The molecule has 2 N–H and O–H groups in total. The second-order valence-electron chi connectivity index (χ2n) is 7.36. The molecule has 2 aliphatic rings. The van der Waals surface area contributed by atoms with E-state index in [-0.39, 0.29) is 36.4 Å². The number of guanidine groups is 1. The third-order valence-corrected chi connectivity index (χ3v) is 5.29. The van der Waals surface area contributed by atoms with Gasteiger partial charge in [-0.15, -0.1) is 24.0 Å². The predicted octanol–water partition coefficient (Wildman–Crippen LogP) is 3.32. The molecule has 0 bridgehead atoms. The smallest absolute Gasteiger partial charge is 0.422 e. The van der Waals surface area contributed by atoms with Gasteiger partial charge in [0.25, 0.3) is 0 Å². The lowest BCUT2D eigenvalue weighted by atomic mass is 10.2. The van der Waals surface area contributed by atoms with Crippen LogP contribution in [-0.4, -0.2) is 60.8 Å². The van der Waals surface area contributed by atoms with Crippen LogP contribution in [0.1, 0.15) is 37.7 Å². The van der Waals surface area contributed by atoms with Crippen molar-refractivity contribution in [2.75, 3.05) is 26.7 Å². The summed E-state index contributed by atoms with van der Waals surface area (Å²) in [7, 11) is 1.68. The van der Waals surface area contributed by atoms with E-state index in [4.69, 9.17) is 4.74 Å². The zero-order valence-electron chi connectivity index (χ0n) is 16.5. The lowest BCUT2D eigenvalue weighted by Gasteiger charge is -2.24. The first-order valence-corrected chi connectivity index (χ1v) is 9.79. The fraction of sp³-hybridized carbons (Fsp3) is 0.684. The van der Waals surface area contributed by atoms with Gasteiger partial charge in [0.15, 0.2) is 12.6 Å². The molecule has 0 aromatic carbocycles. The van der Waals surface area contributed by atoms with E-state index in [1.54, 1.807) is 19.2 Å². The Hall–Kier alpha value is -1.30. The molecule has 1 atom stereocenters. The predicted molar refractivity (Wildman–Crippen MR) is 117 cm³/mol. The first-order chi connectivity index (χ1) is 13.4. The van der Waals surface area contributed by atoms with Gasteiger partial charge in [0.05, 0.1) is 0 Å². The Kier molecular flexibility index (Phi) is 9.25. The summed E-state index contributed by atoms with van der Waals surface area (Å²) in [5, 5.41) is 6.57. The number of nitrogens with one attached hydrogen (secondary N) is 2. The van der Waals surface area contributed by atoms with Crippen LogP contribution >= 0.6 is 24.0 Å². The molecule has 1 saturated heterocycles. The Balaban J connectivity index is 0.00000300. The third kappa shape index (κ3) is 7.47. The van der Waals surface area contributed by atoms with Crippen LogP contribution in [0.2, 0.25) is 0 Å². The van der Waals surface area contributed by atoms with Gasteiger partial charge in [0.1, 0.15) is 0 Å². The van der Waals surface area contributed by atoms with Gasteiger partial charge in [-0.2, -0.15) is 13.2 Å². The quantitative estimate of drug-likeness (QED) is 0.338. The molecule has 1 aliphatic heterocycles. The van der Waals surface area contributed by atoms with E-state index in [2.05, 4.69) is 25.5 Å². The van der Waals surface area contributed by atoms with E-state index in [0.717, 1.165) is 19.5 Å². The summed E-state index contributed by atoms with van der Waals surface area (Å²) in [6.45, 7) is 1.01. The van der Waals surface area contributed by atoms with Crippen molar-refractivity contribution in [2.45, 2.75) is 56.9 Å². The molecule has 0 amide bonds. The first-order valence-electron chi connectivity index (χ1n) is 9.79. The normalized spacial score (nSPS) is 21.1. The van der Waals surface area contributed by atoms with Crippen LogP contribution in [0.5, 0.6) is 5.88 Å². The Bertz CT molecular complexity index is 667. The van der Waals surface area contributed by atoms with Gasteiger partial charge in [-0.1, -0.05) is 18.9 Å². The van der Waals surface area contributed by atoms with Gasteiger partial charge >= 0.3 is 6.18 Å². The summed E-state index contributed by atoms with van der Waals surface area (Å²) >= 11 is 0. The SMILES string of the molecule is CN=C(NCc1cccnc1OCC(F)(F)F)NC1CCN(C2CCCC2)C1.I. The molecule has 2 fully saturated rings. The van der Waals surface area contributed by atoms with E-state index in [1.165, 1.54) is 31.9 Å². The van der Waals surface area contributed by atoms with Crippen LogP contribution in [0.4, 0.5) is 13.2 Å². The zero-order chi connectivity index (χ0) is 20.0. The van der Waals surface area contributed by atoms with E-state index < -0.39 is 12.8 Å². The molecule has 2 heterocycles. The second kappa shape index (κ2) is 11.2. The zero-order valence-corrected chi connectivity index (χ0v) is 18.9. The number of rotatable bonds is 6. The van der Waals surface area contributed by atoms with Crippen molar-refractivity contribution >= 4 is 29.9 Å². The van der Waals surface area contributed by atoms with Crippen LogP contribution in [0, 0.1) is 0 Å². The Morgan fingerprint density at radius 1 is 1.31 bits per heavy atom. The highest BCUT2D eigenvalue weighted by atomic mass is 127. The highest BCUT2D eigenvalue weighted by Gasteiger charge is 2.31. The number of halogens is 4. The van der Waals surface area contributed by atoms with Crippen molar-refractivity contribution in [2.24, 2.45) is 4.99 Å². The molecule has 1 aromatic rings. The number of aromatic nitrogens is 1. The van der Waals surface area contributed by atoms with Gasteiger partial charge in [0, 0.05) is 50.5 Å². The monoisotopic (exact) mass is 527 g/mol. The maximum absolute atomic E-state index is 12.4. The molecule has 1 saturated carbocycles. The van der Waals surface area contributed by atoms with E-state index >= 15 is 0 Å². The van der Waals surface area contributed by atoms with Crippen LogP contribution in [0.25, 0.3) is 0 Å². The molecular formula is C19H29F3IN5O. The molecule has 6 nitrogen and oxygen atoms in total. The number of alkyl halides is 3. The maximum atomic E-state index is 12.4. The summed E-state index contributed by atoms with van der Waals surface area (Å²) in [6.07, 6.45) is 3.32. The molecule has 1 unspecified atom stereocenters. The number of aliphatic imine (C=N–C) groups is 1. The van der Waals surface area contributed by atoms with Crippen molar-refractivity contribution in [3.8, 4) is 5.88 Å². The van der Waals surface area contributed by atoms with E-state index in [9.17, 15) is 13.2 Å². The third-order valence-electron chi connectivity index (χ3n) is 5.29. The fourth-order valence-corrected chi connectivity index (χ4v) is 3.91. The van der Waals surface area contributed by atoms with Crippen molar-refractivity contribution in [1.82, 2.24) is 20.5 Å². The van der Waals surface area contributed by atoms with Crippen molar-refractivity contribution in [3.05, 3.63) is 23.9 Å². The molecule has 0 spiro atoms. The summed E-state index contributed by atoms with van der Waals surface area (Å²) in [5.41, 5.74) is 0.550. The Morgan fingerprint density at radius 2 is 2.07 bits per heavy atom. The number of likely N-dealkylation sites (tertiary alicyclic amines) is 1. The largest absolute Gasteiger partial charge is 0.468 e. The van der Waals surface area contributed by atoms with Crippen LogP contribution in [-0.2, 0) is 6.54 Å². The Labute approximate surface area is 186 Å². The van der Waals surface area contributed by atoms with Crippen LogP contribution < -0.4 is 15.4 Å². The number of nitrogens with zero attached hydrogens (tertiary/aromatic N) is 3. The topological polar surface area (TPSA) is 61.8 Å². The molecule has 0 radical (unpaired) electrons. The molecule has 10 heteroatoms. The van der Waals surface area contributed by atoms with Crippen molar-refractivity contribution < 1.29 is 17.9 Å².